The van der Waals surface area contributed by atoms with E-state index in [-0.39, 0.29) is 0 Å². The Bertz CT molecular complexity index is 3630. The van der Waals surface area contributed by atoms with E-state index in [0.717, 1.165) is 66.7 Å². The van der Waals surface area contributed by atoms with E-state index in [1.54, 1.807) is 0 Å². The van der Waals surface area contributed by atoms with Crippen molar-refractivity contribution in [2.75, 3.05) is 0 Å². The lowest BCUT2D eigenvalue weighted by Crippen LogP contribution is -1.96. The van der Waals surface area contributed by atoms with E-state index in [4.69, 9.17) is 15.0 Å². The molecular weight excluding hydrogens is 729 g/mol. The molecule has 0 bridgehead atoms. The molecule has 0 radical (unpaired) electrons. The van der Waals surface area contributed by atoms with Crippen LogP contribution in [-0.4, -0.2) is 19.9 Å². The lowest BCUT2D eigenvalue weighted by Gasteiger charge is -2.16. The van der Waals surface area contributed by atoms with E-state index < -0.39 is 0 Å². The lowest BCUT2D eigenvalue weighted by atomic mass is 9.87. The summed E-state index contributed by atoms with van der Waals surface area (Å²) in [7, 11) is 0. The van der Waals surface area contributed by atoms with Gasteiger partial charge in [0.05, 0.1) is 28.1 Å². The zero-order valence-corrected chi connectivity index (χ0v) is 32.4. The van der Waals surface area contributed by atoms with Crippen LogP contribution in [0.15, 0.2) is 206 Å². The van der Waals surface area contributed by atoms with Crippen LogP contribution in [0.25, 0.3) is 121 Å². The first-order chi connectivity index (χ1) is 29.7. The molecule has 0 amide bonds. The summed E-state index contributed by atoms with van der Waals surface area (Å²) in [5, 5.41) is 12.3. The quantitative estimate of drug-likeness (QED) is 0.164. The summed E-state index contributed by atoms with van der Waals surface area (Å²) in [6.07, 6.45) is 1.83. The van der Waals surface area contributed by atoms with Gasteiger partial charge in [-0.2, -0.15) is 0 Å². The first-order valence-corrected chi connectivity index (χ1v) is 20.3. The van der Waals surface area contributed by atoms with Gasteiger partial charge in [0.15, 0.2) is 5.82 Å². The highest BCUT2D eigenvalue weighted by Crippen LogP contribution is 2.43. The molecule has 0 unspecified atom stereocenters. The van der Waals surface area contributed by atoms with Crippen molar-refractivity contribution in [3.63, 3.8) is 0 Å². The van der Waals surface area contributed by atoms with Gasteiger partial charge in [-0.1, -0.05) is 176 Å². The maximum atomic E-state index is 5.20. The van der Waals surface area contributed by atoms with E-state index in [1.807, 2.05) is 18.3 Å². The zero-order valence-electron chi connectivity index (χ0n) is 32.4. The Morgan fingerprint density at radius 2 is 0.783 bits per heavy atom. The van der Waals surface area contributed by atoms with Crippen LogP contribution in [-0.2, 0) is 0 Å². The van der Waals surface area contributed by atoms with Crippen molar-refractivity contribution in [1.29, 1.82) is 0 Å². The van der Waals surface area contributed by atoms with Crippen LogP contribution in [0.5, 0.6) is 0 Å². The van der Waals surface area contributed by atoms with E-state index in [0.29, 0.717) is 5.82 Å². The normalized spacial score (nSPS) is 11.7. The van der Waals surface area contributed by atoms with E-state index in [2.05, 4.69) is 193 Å². The fraction of sp³-hybridized carbons (Fsp3) is 0. The predicted molar refractivity (Wildman–Crippen MR) is 250 cm³/mol. The SMILES string of the molecule is c1ccc(-c2cc(-c3ccc(-c4ccc5ccc6cccnc6c5n4)cc3)nc(-c3ccc(-c4cc5c6ccccc6c6ccccc6c5c5ccccc45)cc3)n2)cc1. The molecule has 0 saturated heterocycles. The molecule has 0 aliphatic carbocycles. The molecule has 9 aromatic carbocycles. The van der Waals surface area contributed by atoms with Gasteiger partial charge in [-0.05, 0) is 78.5 Å². The minimum Gasteiger partial charge on any atom is -0.254 e. The largest absolute Gasteiger partial charge is 0.254 e. The van der Waals surface area contributed by atoms with Crippen LogP contribution in [0.4, 0.5) is 0 Å². The molecule has 3 heterocycles. The van der Waals surface area contributed by atoms with Crippen LogP contribution < -0.4 is 0 Å². The summed E-state index contributed by atoms with van der Waals surface area (Å²) < 4.78 is 0. The highest BCUT2D eigenvalue weighted by Gasteiger charge is 2.16. The van der Waals surface area contributed by atoms with Crippen molar-refractivity contribution in [1.82, 2.24) is 19.9 Å². The van der Waals surface area contributed by atoms with Crippen molar-refractivity contribution < 1.29 is 0 Å². The van der Waals surface area contributed by atoms with E-state index in [9.17, 15) is 0 Å². The smallest absolute Gasteiger partial charge is 0.160 e. The molecule has 0 atom stereocenters. The topological polar surface area (TPSA) is 51.6 Å². The third-order valence-corrected chi connectivity index (χ3v) is 11.9. The predicted octanol–water partition coefficient (Wildman–Crippen LogP) is 14.5. The summed E-state index contributed by atoms with van der Waals surface area (Å²) in [6, 6.07) is 70.9. The summed E-state index contributed by atoms with van der Waals surface area (Å²) in [6.45, 7) is 0. The number of hydrogen-bond donors (Lipinski definition) is 0. The minimum absolute atomic E-state index is 0.679. The fourth-order valence-corrected chi connectivity index (χ4v) is 8.98. The van der Waals surface area contributed by atoms with Gasteiger partial charge >= 0.3 is 0 Å². The zero-order chi connectivity index (χ0) is 39.6. The van der Waals surface area contributed by atoms with Gasteiger partial charge in [-0.25, -0.2) is 15.0 Å². The first-order valence-electron chi connectivity index (χ1n) is 20.3. The third-order valence-electron chi connectivity index (χ3n) is 11.9. The second kappa shape index (κ2) is 13.8. The Morgan fingerprint density at radius 1 is 0.283 bits per heavy atom. The molecular formula is C56H34N4. The molecule has 0 fully saturated rings. The highest BCUT2D eigenvalue weighted by atomic mass is 14.9. The number of fused-ring (bicyclic) bond motifs is 11. The molecule has 0 N–H and O–H groups in total. The van der Waals surface area contributed by atoms with Gasteiger partial charge in [0, 0.05) is 39.2 Å². The van der Waals surface area contributed by atoms with Crippen molar-refractivity contribution in [3.8, 4) is 56.3 Å². The Kier molecular flexibility index (Phi) is 7.82. The molecule has 12 aromatic rings. The number of nitrogens with zero attached hydrogens (tertiary/aromatic N) is 4. The average molecular weight is 763 g/mol. The monoisotopic (exact) mass is 762 g/mol. The Morgan fingerprint density at radius 3 is 1.48 bits per heavy atom. The van der Waals surface area contributed by atoms with Crippen molar-refractivity contribution >= 4 is 64.9 Å². The van der Waals surface area contributed by atoms with Crippen LogP contribution in [0.2, 0.25) is 0 Å². The Labute approximate surface area is 346 Å². The molecule has 0 saturated carbocycles. The second-order valence-electron chi connectivity index (χ2n) is 15.4. The van der Waals surface area contributed by atoms with Gasteiger partial charge in [-0.15, -0.1) is 0 Å². The lowest BCUT2D eigenvalue weighted by molar-refractivity contribution is 1.18. The van der Waals surface area contributed by atoms with Gasteiger partial charge in [-0.3, -0.25) is 4.98 Å². The molecule has 12 rings (SSSR count). The molecule has 0 aliphatic heterocycles. The second-order valence-corrected chi connectivity index (χ2v) is 15.4. The highest BCUT2D eigenvalue weighted by molar-refractivity contribution is 6.33. The van der Waals surface area contributed by atoms with Crippen molar-refractivity contribution in [2.24, 2.45) is 0 Å². The van der Waals surface area contributed by atoms with Gasteiger partial charge in [0.1, 0.15) is 0 Å². The van der Waals surface area contributed by atoms with Gasteiger partial charge < -0.3 is 0 Å². The summed E-state index contributed by atoms with van der Waals surface area (Å²) in [4.78, 5) is 20.1. The van der Waals surface area contributed by atoms with Crippen LogP contribution in [0.1, 0.15) is 0 Å². The van der Waals surface area contributed by atoms with Crippen molar-refractivity contribution in [2.45, 2.75) is 0 Å². The Balaban J connectivity index is 0.954. The van der Waals surface area contributed by atoms with Gasteiger partial charge in [0.2, 0.25) is 0 Å². The molecule has 278 valence electrons. The van der Waals surface area contributed by atoms with E-state index in [1.165, 1.54) is 48.7 Å². The summed E-state index contributed by atoms with van der Waals surface area (Å²) >= 11 is 0. The standard InChI is InChI=1S/C56H34N4/c1-2-11-36(12-3-1)51-34-52(38-24-22-37(23-25-38)50-31-30-40-27-26-39-13-10-32-57-54(39)55(40)58-50)60-56(59-51)41-28-20-35(21-29-41)48-33-49-44-16-5-4-14-42(44)43-15-6-8-18-46(43)53(49)47-19-9-7-17-45(47)48/h1-34H. The summed E-state index contributed by atoms with van der Waals surface area (Å²) in [5.41, 5.74) is 10.8. The maximum Gasteiger partial charge on any atom is 0.160 e. The van der Waals surface area contributed by atoms with Gasteiger partial charge in [0.25, 0.3) is 0 Å². The first kappa shape index (κ1) is 34.0. The summed E-state index contributed by atoms with van der Waals surface area (Å²) in [5.74, 6) is 0.679. The molecule has 0 aliphatic rings. The average Bonchev–Trinajstić information content (AvgIpc) is 3.33. The van der Waals surface area contributed by atoms with E-state index >= 15 is 0 Å². The maximum absolute atomic E-state index is 5.20. The number of aromatic nitrogens is 4. The van der Waals surface area contributed by atoms with Crippen LogP contribution in [0, 0.1) is 0 Å². The minimum atomic E-state index is 0.679. The fourth-order valence-electron chi connectivity index (χ4n) is 8.98. The molecule has 0 spiro atoms. The molecule has 3 aromatic heterocycles. The van der Waals surface area contributed by atoms with Crippen LogP contribution in [0.3, 0.4) is 0 Å². The number of benzene rings is 9. The molecule has 4 heteroatoms. The molecule has 4 nitrogen and oxygen atoms in total. The third kappa shape index (κ3) is 5.61. The Hall–Kier alpha value is -8.08. The van der Waals surface area contributed by atoms with Crippen LogP contribution >= 0.6 is 0 Å². The number of hydrogen-bond acceptors (Lipinski definition) is 4. The van der Waals surface area contributed by atoms with Crippen molar-refractivity contribution in [3.05, 3.63) is 206 Å². The molecule has 60 heavy (non-hydrogen) atoms. The number of pyridine rings is 2. The number of rotatable bonds is 5.